The van der Waals surface area contributed by atoms with Crippen molar-refractivity contribution in [2.75, 3.05) is 19.7 Å². The average Bonchev–Trinajstić information content (AvgIpc) is 3.33. The number of nitrogens with zero attached hydrogens (tertiary/aromatic N) is 1. The predicted octanol–water partition coefficient (Wildman–Crippen LogP) is 5.99. The summed E-state index contributed by atoms with van der Waals surface area (Å²) in [5.74, 6) is 2.10. The Morgan fingerprint density at radius 3 is 2.62 bits per heavy atom. The number of benzene rings is 3. The lowest BCUT2D eigenvalue weighted by molar-refractivity contribution is 0.169. The molecule has 0 bridgehead atoms. The summed E-state index contributed by atoms with van der Waals surface area (Å²) in [7, 11) is 0. The molecular weight excluding hydrogens is 514 g/mol. The van der Waals surface area contributed by atoms with Gasteiger partial charge in [0.25, 0.3) is 0 Å². The fourth-order valence-electron chi connectivity index (χ4n) is 5.58. The molecule has 8 heteroatoms. The Morgan fingerprint density at radius 1 is 1.10 bits per heavy atom. The highest BCUT2D eigenvalue weighted by Crippen LogP contribution is 2.48. The molecule has 2 heterocycles. The number of fused-ring (bicyclic) bond motifs is 1. The van der Waals surface area contributed by atoms with E-state index in [0.717, 1.165) is 40.9 Å². The molecule has 5 rings (SSSR count). The van der Waals surface area contributed by atoms with Gasteiger partial charge in [-0.3, -0.25) is 4.90 Å². The number of hydrogen-bond donors (Lipinski definition) is 3. The van der Waals surface area contributed by atoms with Crippen LogP contribution in [0.1, 0.15) is 55.5 Å². The lowest BCUT2D eigenvalue weighted by Crippen LogP contribution is -2.35. The first-order valence-electron chi connectivity index (χ1n) is 13.3. The van der Waals surface area contributed by atoms with Gasteiger partial charge < -0.3 is 24.2 Å². The van der Waals surface area contributed by atoms with Gasteiger partial charge in [-0.05, 0) is 91.9 Å². The highest BCUT2D eigenvalue weighted by molar-refractivity contribution is 7.78. The van der Waals surface area contributed by atoms with Crippen molar-refractivity contribution >= 4 is 22.2 Å². The van der Waals surface area contributed by atoms with Gasteiger partial charge in [0.05, 0.1) is 5.75 Å². The van der Waals surface area contributed by atoms with Crippen molar-refractivity contribution in [3.8, 4) is 23.0 Å². The second kappa shape index (κ2) is 11.4. The van der Waals surface area contributed by atoms with Crippen LogP contribution in [0.3, 0.4) is 0 Å². The summed E-state index contributed by atoms with van der Waals surface area (Å²) in [6, 6.07) is 17.8. The van der Waals surface area contributed by atoms with Crippen molar-refractivity contribution in [3.05, 3.63) is 82.9 Å². The van der Waals surface area contributed by atoms with Crippen molar-refractivity contribution in [2.45, 2.75) is 45.1 Å². The number of phenols is 2. The van der Waals surface area contributed by atoms with E-state index in [0.29, 0.717) is 29.6 Å². The minimum Gasteiger partial charge on any atom is -0.508 e. The molecule has 0 spiro atoms. The first-order chi connectivity index (χ1) is 18.7. The fourth-order valence-corrected chi connectivity index (χ4v) is 6.10. The molecule has 3 aromatic carbocycles. The third kappa shape index (κ3) is 5.98. The average molecular weight is 550 g/mol. The molecule has 0 aliphatic carbocycles. The van der Waals surface area contributed by atoms with E-state index in [4.69, 9.17) is 9.47 Å². The van der Waals surface area contributed by atoms with Crippen LogP contribution in [0.5, 0.6) is 23.0 Å². The summed E-state index contributed by atoms with van der Waals surface area (Å²) in [6.45, 7) is 9.05. The number of ether oxygens (including phenoxy) is 2. The molecule has 206 valence electrons. The molecular formula is C31H35NO6S. The molecule has 2 aliphatic heterocycles. The molecule has 2 unspecified atom stereocenters. The molecule has 39 heavy (non-hydrogen) atoms. The Bertz CT molecular complexity index is 1420. The third-order valence-corrected chi connectivity index (χ3v) is 8.24. The van der Waals surface area contributed by atoms with Crippen molar-refractivity contribution in [3.63, 3.8) is 0 Å². The first kappa shape index (κ1) is 27.2. The van der Waals surface area contributed by atoms with Crippen LogP contribution in [0, 0.1) is 5.92 Å². The number of hydrogen-bond acceptors (Lipinski definition) is 6. The van der Waals surface area contributed by atoms with E-state index < -0.39 is 17.2 Å². The van der Waals surface area contributed by atoms with E-state index in [9.17, 15) is 19.0 Å². The minimum atomic E-state index is -2.08. The number of aromatic hydroxyl groups is 2. The van der Waals surface area contributed by atoms with Crippen LogP contribution in [-0.4, -0.2) is 49.6 Å². The smallest absolute Gasteiger partial charge is 0.157 e. The molecule has 3 N–H and O–H groups in total. The van der Waals surface area contributed by atoms with Gasteiger partial charge in [-0.25, -0.2) is 4.21 Å². The second-order valence-corrected chi connectivity index (χ2v) is 11.6. The van der Waals surface area contributed by atoms with Gasteiger partial charge in [0.2, 0.25) is 0 Å². The molecule has 4 atom stereocenters. The topological polar surface area (TPSA) is 99.5 Å². The zero-order valence-electron chi connectivity index (χ0n) is 22.5. The van der Waals surface area contributed by atoms with Crippen LogP contribution in [-0.2, 0) is 16.8 Å². The van der Waals surface area contributed by atoms with Gasteiger partial charge in [-0.2, -0.15) is 0 Å². The summed E-state index contributed by atoms with van der Waals surface area (Å²) < 4.78 is 34.6. The fraction of sp³-hybridized carbons (Fsp3) is 0.355. The van der Waals surface area contributed by atoms with E-state index in [-0.39, 0.29) is 23.3 Å². The first-order valence-corrected chi connectivity index (χ1v) is 14.5. The van der Waals surface area contributed by atoms with Crippen LogP contribution in [0.2, 0.25) is 0 Å². The largest absolute Gasteiger partial charge is 0.508 e. The van der Waals surface area contributed by atoms with Crippen LogP contribution >= 0.6 is 0 Å². The second-order valence-electron chi connectivity index (χ2n) is 10.6. The molecule has 0 amide bonds. The Morgan fingerprint density at radius 2 is 1.90 bits per heavy atom. The summed E-state index contributed by atoms with van der Waals surface area (Å²) in [6.07, 6.45) is 0.589. The Balaban J connectivity index is 1.52. The quantitative estimate of drug-likeness (QED) is 0.297. The van der Waals surface area contributed by atoms with Crippen molar-refractivity contribution < 1.29 is 28.4 Å². The van der Waals surface area contributed by atoms with Gasteiger partial charge in [0, 0.05) is 29.3 Å². The Kier molecular flexibility index (Phi) is 7.98. The summed E-state index contributed by atoms with van der Waals surface area (Å²) in [5, 5.41) is 20.4. The predicted molar refractivity (Wildman–Crippen MR) is 153 cm³/mol. The van der Waals surface area contributed by atoms with Crippen molar-refractivity contribution in [1.29, 1.82) is 0 Å². The van der Waals surface area contributed by atoms with Gasteiger partial charge >= 0.3 is 0 Å². The third-order valence-electron chi connectivity index (χ3n) is 7.68. The van der Waals surface area contributed by atoms with Crippen molar-refractivity contribution in [2.24, 2.45) is 5.92 Å². The monoisotopic (exact) mass is 549 g/mol. The Hall–Kier alpha value is -3.33. The molecule has 1 fully saturated rings. The van der Waals surface area contributed by atoms with Gasteiger partial charge in [0.1, 0.15) is 29.6 Å². The van der Waals surface area contributed by atoms with E-state index in [1.807, 2.05) is 31.2 Å². The number of rotatable bonds is 8. The van der Waals surface area contributed by atoms with E-state index >= 15 is 0 Å². The lowest BCUT2D eigenvalue weighted by Gasteiger charge is -2.32. The summed E-state index contributed by atoms with van der Waals surface area (Å²) >= 11 is -2.08. The number of allylic oxidation sites excluding steroid dienone is 1. The molecule has 0 aromatic heterocycles. The van der Waals surface area contributed by atoms with Gasteiger partial charge in [-0.1, -0.05) is 25.1 Å². The number of likely N-dealkylation sites (tertiary alicyclic amines) is 1. The molecule has 7 nitrogen and oxygen atoms in total. The molecule has 2 aliphatic rings. The Labute approximate surface area is 232 Å². The lowest BCUT2D eigenvalue weighted by atomic mass is 9.85. The van der Waals surface area contributed by atoms with Crippen LogP contribution < -0.4 is 9.47 Å². The maximum absolute atomic E-state index is 12.0. The summed E-state index contributed by atoms with van der Waals surface area (Å²) in [4.78, 5) is 2.43. The number of phenolic OH excluding ortho intramolecular Hbond substituents is 2. The van der Waals surface area contributed by atoms with Gasteiger partial charge in [-0.15, -0.1) is 0 Å². The van der Waals surface area contributed by atoms with Crippen LogP contribution in [0.25, 0.3) is 11.1 Å². The van der Waals surface area contributed by atoms with Crippen LogP contribution in [0.4, 0.5) is 0 Å². The molecule has 1 saturated heterocycles. The molecule has 0 radical (unpaired) electrons. The maximum atomic E-state index is 12.0. The highest BCUT2D eigenvalue weighted by Gasteiger charge is 2.32. The summed E-state index contributed by atoms with van der Waals surface area (Å²) in [5.41, 5.74) is 4.59. The zero-order chi connectivity index (χ0) is 27.7. The van der Waals surface area contributed by atoms with E-state index in [2.05, 4.69) is 18.7 Å². The van der Waals surface area contributed by atoms with Gasteiger partial charge in [0.15, 0.2) is 17.2 Å². The standard InChI is InChI=1S/C31H35NO6S/c1-19-11-12-32(16-19)20(2)17-37-26-8-9-27(23(14-26)18-39(35)36)31-30(22-5-4-6-24(33)13-22)21(3)28-15-25(34)7-10-29(28)38-31/h4-10,13-15,19-20,31,33-34H,11-12,16-18H2,1-3H3,(H,35,36)/t19-,20+,31?/m1/s1. The minimum absolute atomic E-state index is 0.0829. The molecule has 3 aromatic rings. The normalized spacial score (nSPS) is 20.8. The molecule has 0 saturated carbocycles. The highest BCUT2D eigenvalue weighted by atomic mass is 32.2. The SMILES string of the molecule is CC1=C(c2cccc(O)c2)C(c2ccc(OC[C@H](C)N3CC[C@@H](C)C3)cc2CS(=O)O)Oc2ccc(O)cc21. The zero-order valence-corrected chi connectivity index (χ0v) is 23.3. The maximum Gasteiger partial charge on any atom is 0.157 e. The van der Waals surface area contributed by atoms with Crippen molar-refractivity contribution in [1.82, 2.24) is 4.90 Å². The van der Waals surface area contributed by atoms with E-state index in [1.165, 1.54) is 6.42 Å². The van der Waals surface area contributed by atoms with E-state index in [1.54, 1.807) is 36.4 Å². The van der Waals surface area contributed by atoms with Crippen LogP contribution in [0.15, 0.2) is 60.7 Å².